The Morgan fingerprint density at radius 3 is 2.08 bits per heavy atom. The third-order valence-electron chi connectivity index (χ3n) is 7.74. The van der Waals surface area contributed by atoms with Crippen LogP contribution in [0.2, 0.25) is 0 Å². The molecule has 49 heavy (non-hydrogen) atoms. The number of benzene rings is 3. The van der Waals surface area contributed by atoms with Crippen molar-refractivity contribution in [2.24, 2.45) is 0 Å². The molecule has 0 saturated carbocycles. The molecule has 0 aromatic heterocycles. The van der Waals surface area contributed by atoms with E-state index in [1.165, 1.54) is 77.0 Å². The number of methoxy groups -OCH3 is 4. The summed E-state index contributed by atoms with van der Waals surface area (Å²) < 4.78 is 45.0. The summed E-state index contributed by atoms with van der Waals surface area (Å²) in [6.07, 6.45) is -0.0619. The Balaban J connectivity index is 1.51. The van der Waals surface area contributed by atoms with Crippen molar-refractivity contribution >= 4 is 23.8 Å². The minimum Gasteiger partial charge on any atom is -0.493 e. The highest BCUT2D eigenvalue weighted by Crippen LogP contribution is 2.38. The second kappa shape index (κ2) is 16.7. The van der Waals surface area contributed by atoms with Crippen LogP contribution in [0.25, 0.3) is 0 Å². The molecule has 2 amide bonds. The lowest BCUT2D eigenvalue weighted by Crippen LogP contribution is -2.58. The molecule has 0 aliphatic carbocycles. The van der Waals surface area contributed by atoms with E-state index in [9.17, 15) is 28.7 Å². The Morgan fingerprint density at radius 2 is 1.47 bits per heavy atom. The topological polar surface area (TPSA) is 165 Å². The molecule has 3 aromatic rings. The van der Waals surface area contributed by atoms with Crippen LogP contribution in [0.15, 0.2) is 54.6 Å². The normalized spacial score (nSPS) is 17.3. The highest BCUT2D eigenvalue weighted by Gasteiger charge is 2.47. The van der Waals surface area contributed by atoms with Crippen LogP contribution in [0.1, 0.15) is 55.9 Å². The van der Waals surface area contributed by atoms with Gasteiger partial charge in [0.2, 0.25) is 5.75 Å². The Labute approximate surface area is 281 Å². The van der Waals surface area contributed by atoms with Gasteiger partial charge in [0, 0.05) is 31.8 Å². The summed E-state index contributed by atoms with van der Waals surface area (Å²) in [5.41, 5.74) is -0.139. The van der Waals surface area contributed by atoms with E-state index in [0.717, 1.165) is 6.07 Å². The number of hydroxylamine groups is 3. The number of nitrogens with one attached hydrogen (secondary N) is 1. The summed E-state index contributed by atoms with van der Waals surface area (Å²) >= 11 is 0. The summed E-state index contributed by atoms with van der Waals surface area (Å²) in [4.78, 5) is 58.1. The molecule has 2 atom stereocenters. The summed E-state index contributed by atoms with van der Waals surface area (Å²) in [5, 5.41) is 13.1. The minimum atomic E-state index is -1.42. The maximum absolute atomic E-state index is 14.6. The number of likely N-dealkylation sites (tertiary alicyclic amines) is 1. The fraction of sp³-hybridized carbons (Fsp3) is 0.353. The largest absolute Gasteiger partial charge is 0.556 e. The van der Waals surface area contributed by atoms with Crippen molar-refractivity contribution in [2.45, 2.75) is 25.3 Å². The predicted molar refractivity (Wildman–Crippen MR) is 169 cm³/mol. The second-order valence-electron chi connectivity index (χ2n) is 11.0. The lowest BCUT2D eigenvalue weighted by atomic mass is 10.0. The van der Waals surface area contributed by atoms with Gasteiger partial charge in [-0.2, -0.15) is 4.79 Å². The van der Waals surface area contributed by atoms with Crippen molar-refractivity contribution in [2.75, 3.05) is 55.1 Å². The number of nitrogens with zero attached hydrogens (tertiary/aromatic N) is 1. The number of amides is 2. The van der Waals surface area contributed by atoms with E-state index >= 15 is 0 Å². The molecule has 2 N–H and O–H groups in total. The number of ether oxygens (including phenoxy) is 6. The molecule has 1 heterocycles. The molecule has 262 valence electrons. The number of carbonyl (C=O) groups is 4. The molecule has 15 heteroatoms. The molecule has 1 aliphatic heterocycles. The first-order valence-electron chi connectivity index (χ1n) is 15.2. The number of hydrogen-bond acceptors (Lipinski definition) is 11. The number of hydrogen-bond donors (Lipinski definition) is 2. The zero-order chi connectivity index (χ0) is 35.6. The molecule has 2 unspecified atom stereocenters. The second-order valence-corrected chi connectivity index (χ2v) is 11.0. The van der Waals surface area contributed by atoms with Gasteiger partial charge in [-0.3, -0.25) is 14.4 Å². The van der Waals surface area contributed by atoms with Crippen LogP contribution >= 0.6 is 0 Å². The van der Waals surface area contributed by atoms with Crippen molar-refractivity contribution in [3.05, 3.63) is 82.7 Å². The smallest absolute Gasteiger partial charge is 0.493 e. The van der Waals surface area contributed by atoms with E-state index in [1.54, 1.807) is 0 Å². The van der Waals surface area contributed by atoms with E-state index in [1.807, 2.05) is 0 Å². The van der Waals surface area contributed by atoms with E-state index in [-0.39, 0.29) is 71.9 Å². The van der Waals surface area contributed by atoms with Gasteiger partial charge in [-0.25, -0.2) is 9.18 Å². The molecule has 3 aromatic carbocycles. The lowest BCUT2D eigenvalue weighted by molar-refractivity contribution is -1.03. The molecule has 1 aliphatic rings. The third kappa shape index (κ3) is 8.62. The van der Waals surface area contributed by atoms with Gasteiger partial charge in [0.05, 0.1) is 25.8 Å². The molecule has 1 fully saturated rings. The number of ketones is 1. The molecule has 0 radical (unpaired) electrons. The zero-order valence-electron chi connectivity index (χ0n) is 27.5. The quantitative estimate of drug-likeness (QED) is 0.146. The first-order chi connectivity index (χ1) is 23.6. The first kappa shape index (κ1) is 36.6. The van der Waals surface area contributed by atoms with Crippen molar-refractivity contribution in [3.63, 3.8) is 0 Å². The minimum absolute atomic E-state index is 0.0163. The summed E-state index contributed by atoms with van der Waals surface area (Å²) in [5.74, 6) is -2.36. The van der Waals surface area contributed by atoms with Gasteiger partial charge in [-0.1, -0.05) is 18.2 Å². The van der Waals surface area contributed by atoms with Crippen LogP contribution in [0.4, 0.5) is 9.18 Å². The van der Waals surface area contributed by atoms with Gasteiger partial charge >= 0.3 is 12.1 Å². The summed E-state index contributed by atoms with van der Waals surface area (Å²) in [6.45, 7) is -0.599. The van der Waals surface area contributed by atoms with Gasteiger partial charge in [-0.15, -0.1) is 0 Å². The SMILES string of the molecule is COCOc1cccc(F)c1C(=O)c1ccc(C(=O)O[N+]2(C(=O)O)CCCCC(NC(=O)c3cc(OC)c(OCOC)c(OC)c3)C2)cc1. The molecule has 4 rings (SSSR count). The lowest BCUT2D eigenvalue weighted by Gasteiger charge is -2.30. The number of rotatable bonds is 13. The van der Waals surface area contributed by atoms with E-state index in [4.69, 9.17) is 33.3 Å². The zero-order valence-corrected chi connectivity index (χ0v) is 27.5. The number of halogens is 1. The molecular weight excluding hydrogens is 647 g/mol. The summed E-state index contributed by atoms with van der Waals surface area (Å²) in [7, 11) is 5.63. The average Bonchev–Trinajstić information content (AvgIpc) is 3.31. The van der Waals surface area contributed by atoms with Crippen molar-refractivity contribution in [1.82, 2.24) is 5.32 Å². The fourth-order valence-electron chi connectivity index (χ4n) is 5.33. The van der Waals surface area contributed by atoms with Gasteiger partial charge < -0.3 is 38.8 Å². The third-order valence-corrected chi connectivity index (χ3v) is 7.74. The predicted octanol–water partition coefficient (Wildman–Crippen LogP) is 4.59. The Kier molecular flexibility index (Phi) is 12.5. The highest BCUT2D eigenvalue weighted by molar-refractivity contribution is 6.11. The number of quaternary nitrogens is 1. The fourth-order valence-corrected chi connectivity index (χ4v) is 5.33. The van der Waals surface area contributed by atoms with Gasteiger partial charge in [0.1, 0.15) is 23.7 Å². The van der Waals surface area contributed by atoms with E-state index in [0.29, 0.717) is 19.3 Å². The molecule has 0 bridgehead atoms. The van der Waals surface area contributed by atoms with Crippen LogP contribution in [-0.4, -0.2) is 94.7 Å². The van der Waals surface area contributed by atoms with Crippen molar-refractivity contribution in [3.8, 4) is 23.0 Å². The standard InChI is InChI=1S/C34H37FN2O12/c1-43-19-47-26-10-7-9-25(35)29(26)30(38)21-11-13-22(14-12-21)33(40)49-37(34(41)42)15-6-5-8-24(18-37)36-32(39)23-16-27(45-3)31(48-20-44-2)28(17-23)46-4/h7,9-14,16-17,24H,5-6,8,15,18-20H2,1-4H3,(H-,36,39,41,42)/p+1. The van der Waals surface area contributed by atoms with E-state index < -0.39 is 40.3 Å². The highest BCUT2D eigenvalue weighted by atomic mass is 19.1. The number of carbonyl (C=O) groups excluding carboxylic acids is 3. The molecule has 1 saturated heterocycles. The maximum atomic E-state index is 14.6. The average molecular weight is 686 g/mol. The monoisotopic (exact) mass is 685 g/mol. The molecule has 14 nitrogen and oxygen atoms in total. The molecule has 0 spiro atoms. The maximum Gasteiger partial charge on any atom is 0.556 e. The van der Waals surface area contributed by atoms with Crippen molar-refractivity contribution in [1.29, 1.82) is 0 Å². The Bertz CT molecular complexity index is 1640. The van der Waals surface area contributed by atoms with Crippen LogP contribution in [0.5, 0.6) is 23.0 Å². The summed E-state index contributed by atoms with van der Waals surface area (Å²) in [6, 6.07) is 11.3. The first-order valence-corrected chi connectivity index (χ1v) is 15.2. The van der Waals surface area contributed by atoms with E-state index in [2.05, 4.69) is 5.32 Å². The number of carboxylic acid groups (broad SMARTS) is 1. The van der Waals surface area contributed by atoms with Crippen LogP contribution < -0.4 is 24.3 Å². The Hall–Kier alpha value is -5.25. The van der Waals surface area contributed by atoms with Crippen LogP contribution in [-0.2, 0) is 14.3 Å². The van der Waals surface area contributed by atoms with Crippen LogP contribution in [0.3, 0.4) is 0 Å². The molecular formula is C34H38FN2O12+. The van der Waals surface area contributed by atoms with Crippen molar-refractivity contribution < 1.29 is 66.6 Å². The van der Waals surface area contributed by atoms with Crippen LogP contribution in [0, 0.1) is 5.82 Å². The Morgan fingerprint density at radius 1 is 0.837 bits per heavy atom. The van der Waals surface area contributed by atoms with Gasteiger partial charge in [-0.05, 0) is 53.9 Å². The van der Waals surface area contributed by atoms with Gasteiger partial charge in [0.15, 0.2) is 37.4 Å². The van der Waals surface area contributed by atoms with Gasteiger partial charge in [0.25, 0.3) is 5.91 Å².